The minimum Gasteiger partial charge on any atom is -0.493 e. The normalized spacial score (nSPS) is 17.1. The molecule has 0 unspecified atom stereocenters. The Balaban J connectivity index is 2.14. The molecule has 0 bridgehead atoms. The number of carbonyl (C=O) groups excluding carboxylic acids is 2. The van der Waals surface area contributed by atoms with Crippen molar-refractivity contribution in [1.82, 2.24) is 4.90 Å². The van der Waals surface area contributed by atoms with Crippen LogP contribution < -0.4 is 14.4 Å². The number of nitrogens with zero attached hydrogens (tertiary/aromatic N) is 2. The van der Waals surface area contributed by atoms with Crippen molar-refractivity contribution in [3.63, 3.8) is 0 Å². The van der Waals surface area contributed by atoms with Crippen LogP contribution in [0.15, 0.2) is 42.5 Å². The largest absolute Gasteiger partial charge is 0.493 e. The van der Waals surface area contributed by atoms with E-state index < -0.39 is 12.2 Å². The highest BCUT2D eigenvalue weighted by molar-refractivity contribution is 5.91. The van der Waals surface area contributed by atoms with Crippen molar-refractivity contribution in [1.29, 1.82) is 0 Å². The molecule has 0 saturated carbocycles. The van der Waals surface area contributed by atoms with Crippen molar-refractivity contribution in [2.75, 3.05) is 25.7 Å². The fourth-order valence-electron chi connectivity index (χ4n) is 4.27. The fraction of sp³-hybridized carbons (Fsp3) is 0.462. The molecule has 0 spiro atoms. The third-order valence-corrected chi connectivity index (χ3v) is 5.76. The molecule has 0 fully saturated rings. The van der Waals surface area contributed by atoms with Gasteiger partial charge in [-0.25, -0.2) is 9.59 Å². The summed E-state index contributed by atoms with van der Waals surface area (Å²) >= 11 is 0. The summed E-state index contributed by atoms with van der Waals surface area (Å²) in [5.41, 5.74) is 2.36. The van der Waals surface area contributed by atoms with Crippen molar-refractivity contribution in [3.05, 3.63) is 53.6 Å². The van der Waals surface area contributed by atoms with Gasteiger partial charge in [-0.05, 0) is 45.7 Å². The summed E-state index contributed by atoms with van der Waals surface area (Å²) in [6.07, 6.45) is -0.626. The van der Waals surface area contributed by atoms with Crippen molar-refractivity contribution in [3.8, 4) is 11.5 Å². The first-order valence-corrected chi connectivity index (χ1v) is 11.5. The first-order valence-electron chi connectivity index (χ1n) is 11.5. The molecule has 0 saturated heterocycles. The van der Waals surface area contributed by atoms with E-state index in [1.54, 1.807) is 37.0 Å². The van der Waals surface area contributed by atoms with Crippen molar-refractivity contribution >= 4 is 17.9 Å². The van der Waals surface area contributed by atoms with Gasteiger partial charge >= 0.3 is 12.2 Å². The van der Waals surface area contributed by atoms with E-state index in [2.05, 4.69) is 0 Å². The molecule has 1 heterocycles. The molecule has 2 atom stereocenters. The van der Waals surface area contributed by atoms with Gasteiger partial charge in [0, 0.05) is 24.2 Å². The molecular formula is C26H34N2O6. The molecule has 3 rings (SSSR count). The van der Waals surface area contributed by atoms with Crippen LogP contribution in [0.3, 0.4) is 0 Å². The molecule has 0 N–H and O–H groups in total. The summed E-state index contributed by atoms with van der Waals surface area (Å²) < 4.78 is 22.0. The molecule has 0 aromatic heterocycles. The summed E-state index contributed by atoms with van der Waals surface area (Å²) in [6, 6.07) is 12.8. The molecule has 2 amide bonds. The lowest BCUT2D eigenvalue weighted by Crippen LogP contribution is -2.48. The molecule has 8 nitrogen and oxygen atoms in total. The molecule has 1 aliphatic rings. The summed E-state index contributed by atoms with van der Waals surface area (Å²) in [4.78, 5) is 29.5. The highest BCUT2D eigenvalue weighted by Crippen LogP contribution is 2.46. The Labute approximate surface area is 201 Å². The van der Waals surface area contributed by atoms with Crippen LogP contribution in [0.4, 0.5) is 15.3 Å². The molecule has 184 valence electrons. The topological polar surface area (TPSA) is 77.5 Å². The monoisotopic (exact) mass is 470 g/mol. The standard InChI is InChI=1S/C26H34N2O6/c1-7-33-25(29)27(16-19-11-9-8-10-12-19)21-13-18(4)28(26(30)34-17(2)3)22-15-24(32-6)23(31-5)14-20(21)22/h8-12,14-15,17-18,21H,7,13,16H2,1-6H3/t18-,21+/m1/s1. The second-order valence-electron chi connectivity index (χ2n) is 8.48. The lowest BCUT2D eigenvalue weighted by Gasteiger charge is -2.43. The molecule has 34 heavy (non-hydrogen) atoms. The van der Waals surface area contributed by atoms with Gasteiger partial charge in [0.2, 0.25) is 0 Å². The molecule has 8 heteroatoms. The Morgan fingerprint density at radius 2 is 1.74 bits per heavy atom. The van der Waals surface area contributed by atoms with E-state index in [4.69, 9.17) is 18.9 Å². The van der Waals surface area contributed by atoms with Gasteiger partial charge < -0.3 is 18.9 Å². The summed E-state index contributed by atoms with van der Waals surface area (Å²) in [5, 5.41) is 0. The molecular weight excluding hydrogens is 436 g/mol. The minimum atomic E-state index is -0.444. The number of ether oxygens (including phenoxy) is 4. The van der Waals surface area contributed by atoms with Crippen LogP contribution in [0, 0.1) is 0 Å². The lowest BCUT2D eigenvalue weighted by molar-refractivity contribution is 0.0801. The smallest absolute Gasteiger partial charge is 0.414 e. The predicted octanol–water partition coefficient (Wildman–Crippen LogP) is 5.55. The van der Waals surface area contributed by atoms with Gasteiger partial charge in [-0.1, -0.05) is 30.3 Å². The van der Waals surface area contributed by atoms with Gasteiger partial charge in [-0.15, -0.1) is 0 Å². The molecule has 0 aliphatic carbocycles. The number of carbonyl (C=O) groups is 2. The Morgan fingerprint density at radius 1 is 1.09 bits per heavy atom. The van der Waals surface area contributed by atoms with Gasteiger partial charge in [-0.3, -0.25) is 9.80 Å². The van der Waals surface area contributed by atoms with Crippen LogP contribution in [0.25, 0.3) is 0 Å². The number of hydrogen-bond donors (Lipinski definition) is 0. The second-order valence-corrected chi connectivity index (χ2v) is 8.48. The molecule has 2 aromatic rings. The fourth-order valence-corrected chi connectivity index (χ4v) is 4.27. The van der Waals surface area contributed by atoms with E-state index in [0.717, 1.165) is 11.1 Å². The number of hydrogen-bond acceptors (Lipinski definition) is 6. The zero-order chi connectivity index (χ0) is 24.8. The number of methoxy groups -OCH3 is 2. The van der Waals surface area contributed by atoms with E-state index >= 15 is 0 Å². The average molecular weight is 471 g/mol. The van der Waals surface area contributed by atoms with Gasteiger partial charge in [0.1, 0.15) is 0 Å². The van der Waals surface area contributed by atoms with Crippen molar-refractivity contribution < 1.29 is 28.5 Å². The molecule has 1 aliphatic heterocycles. The third-order valence-electron chi connectivity index (χ3n) is 5.76. The van der Waals surface area contributed by atoms with Crippen LogP contribution in [-0.2, 0) is 16.0 Å². The zero-order valence-electron chi connectivity index (χ0n) is 20.7. The number of fused-ring (bicyclic) bond motifs is 1. The van der Waals surface area contributed by atoms with Crippen LogP contribution in [0.1, 0.15) is 51.3 Å². The quantitative estimate of drug-likeness (QED) is 0.528. The Morgan fingerprint density at radius 3 is 2.32 bits per heavy atom. The lowest BCUT2D eigenvalue weighted by atomic mass is 9.90. The third kappa shape index (κ3) is 5.38. The first kappa shape index (κ1) is 25.2. The number of amides is 2. The zero-order valence-corrected chi connectivity index (χ0v) is 20.7. The van der Waals surface area contributed by atoms with Crippen LogP contribution in [-0.4, -0.2) is 50.1 Å². The highest BCUT2D eigenvalue weighted by Gasteiger charge is 2.40. The number of benzene rings is 2. The van der Waals surface area contributed by atoms with E-state index in [0.29, 0.717) is 30.2 Å². The maximum Gasteiger partial charge on any atom is 0.414 e. The molecule has 2 aromatic carbocycles. The van der Waals surface area contributed by atoms with E-state index in [9.17, 15) is 9.59 Å². The summed E-state index contributed by atoms with van der Waals surface area (Å²) in [5.74, 6) is 1.00. The predicted molar refractivity (Wildman–Crippen MR) is 129 cm³/mol. The van der Waals surface area contributed by atoms with Crippen LogP contribution in [0.5, 0.6) is 11.5 Å². The number of rotatable bonds is 7. The average Bonchev–Trinajstić information content (AvgIpc) is 2.81. The maximum atomic E-state index is 13.1. The van der Waals surface area contributed by atoms with Crippen LogP contribution in [0.2, 0.25) is 0 Å². The van der Waals surface area contributed by atoms with Gasteiger partial charge in [0.15, 0.2) is 11.5 Å². The summed E-state index contributed by atoms with van der Waals surface area (Å²) in [7, 11) is 3.10. The van der Waals surface area contributed by atoms with Gasteiger partial charge in [-0.2, -0.15) is 0 Å². The highest BCUT2D eigenvalue weighted by atomic mass is 16.6. The summed E-state index contributed by atoms with van der Waals surface area (Å²) in [6.45, 7) is 7.98. The minimum absolute atomic E-state index is 0.241. The molecule has 0 radical (unpaired) electrons. The van der Waals surface area contributed by atoms with Gasteiger partial charge in [0.05, 0.1) is 38.7 Å². The SMILES string of the molecule is CCOC(=O)N(Cc1ccccc1)[C@H]1C[C@@H](C)N(C(=O)OC(C)C)c2cc(OC)c(OC)cc21. The maximum absolute atomic E-state index is 13.1. The van der Waals surface area contributed by atoms with E-state index in [1.165, 1.54) is 0 Å². The van der Waals surface area contributed by atoms with E-state index in [1.807, 2.05) is 57.2 Å². The van der Waals surface area contributed by atoms with Crippen molar-refractivity contribution in [2.45, 2.75) is 58.8 Å². The van der Waals surface area contributed by atoms with Crippen molar-refractivity contribution in [2.24, 2.45) is 0 Å². The second kappa shape index (κ2) is 11.1. The Kier molecular flexibility index (Phi) is 8.26. The van der Waals surface area contributed by atoms with Gasteiger partial charge in [0.25, 0.3) is 0 Å². The Bertz CT molecular complexity index is 994. The Hall–Kier alpha value is -3.42. The van der Waals surface area contributed by atoms with E-state index in [-0.39, 0.29) is 24.8 Å². The number of anilines is 1. The first-order chi connectivity index (χ1) is 16.3. The van der Waals surface area contributed by atoms with Crippen LogP contribution >= 0.6 is 0 Å².